The Labute approximate surface area is 165 Å². The molecule has 1 aromatic heterocycles. The zero-order valence-electron chi connectivity index (χ0n) is 16.2. The van der Waals surface area contributed by atoms with E-state index in [1.165, 1.54) is 0 Å². The Morgan fingerprint density at radius 3 is 2.68 bits per heavy atom. The molecule has 2 aromatic carbocycles. The molecule has 0 radical (unpaired) electrons. The van der Waals surface area contributed by atoms with Crippen molar-refractivity contribution in [1.29, 1.82) is 0 Å². The topological polar surface area (TPSA) is 47.7 Å². The summed E-state index contributed by atoms with van der Waals surface area (Å²) in [4.78, 5) is 2.35. The molecule has 5 nitrogen and oxygen atoms in total. The van der Waals surface area contributed by atoms with Gasteiger partial charge >= 0.3 is 0 Å². The SMILES string of the molecule is COc1ccccc1CN(Cc1cc(-c2ccccc2)no1)CC1CCCO1. The molecular formula is C23H26N2O3. The van der Waals surface area contributed by atoms with Crippen LogP contribution < -0.4 is 4.74 Å². The molecule has 0 aliphatic carbocycles. The number of hydrogen-bond acceptors (Lipinski definition) is 5. The minimum Gasteiger partial charge on any atom is -0.496 e. The Balaban J connectivity index is 1.51. The summed E-state index contributed by atoms with van der Waals surface area (Å²) in [6.07, 6.45) is 2.51. The molecule has 0 amide bonds. The highest BCUT2D eigenvalue weighted by molar-refractivity contribution is 5.58. The van der Waals surface area contributed by atoms with Crippen LogP contribution in [0.3, 0.4) is 0 Å². The largest absolute Gasteiger partial charge is 0.496 e. The van der Waals surface area contributed by atoms with Crippen molar-refractivity contribution in [3.63, 3.8) is 0 Å². The van der Waals surface area contributed by atoms with Crippen LogP contribution in [0.4, 0.5) is 0 Å². The number of ether oxygens (including phenoxy) is 2. The highest BCUT2D eigenvalue weighted by Crippen LogP contribution is 2.24. The number of nitrogens with zero attached hydrogens (tertiary/aromatic N) is 2. The second kappa shape index (κ2) is 9.04. The molecule has 3 aromatic rings. The van der Waals surface area contributed by atoms with Gasteiger partial charge in [-0.1, -0.05) is 53.7 Å². The summed E-state index contributed by atoms with van der Waals surface area (Å²) in [7, 11) is 1.71. The summed E-state index contributed by atoms with van der Waals surface area (Å²) in [5, 5.41) is 4.25. The van der Waals surface area contributed by atoms with Crippen molar-refractivity contribution in [3.8, 4) is 17.0 Å². The van der Waals surface area contributed by atoms with Crippen LogP contribution in [-0.4, -0.2) is 36.4 Å². The smallest absolute Gasteiger partial charge is 0.151 e. The zero-order chi connectivity index (χ0) is 19.2. The molecule has 4 rings (SSSR count). The maximum Gasteiger partial charge on any atom is 0.151 e. The Hall–Kier alpha value is -2.63. The van der Waals surface area contributed by atoms with Crippen LogP contribution in [0.2, 0.25) is 0 Å². The van der Waals surface area contributed by atoms with Crippen molar-refractivity contribution in [2.75, 3.05) is 20.3 Å². The summed E-state index contributed by atoms with van der Waals surface area (Å²) in [5.74, 6) is 1.76. The van der Waals surface area contributed by atoms with Crippen molar-refractivity contribution in [2.45, 2.75) is 32.0 Å². The van der Waals surface area contributed by atoms with Gasteiger partial charge in [0.05, 0.1) is 19.8 Å². The van der Waals surface area contributed by atoms with Crippen molar-refractivity contribution in [1.82, 2.24) is 10.1 Å². The summed E-state index contributed by atoms with van der Waals surface area (Å²) >= 11 is 0. The first kappa shape index (κ1) is 18.7. The first-order chi connectivity index (χ1) is 13.8. The molecule has 1 aliphatic rings. The van der Waals surface area contributed by atoms with Crippen molar-refractivity contribution in [3.05, 3.63) is 72.0 Å². The van der Waals surface area contributed by atoms with Crippen molar-refractivity contribution in [2.24, 2.45) is 0 Å². The first-order valence-electron chi connectivity index (χ1n) is 9.78. The van der Waals surface area contributed by atoms with Crippen LogP contribution in [0, 0.1) is 0 Å². The lowest BCUT2D eigenvalue weighted by Crippen LogP contribution is -2.31. The van der Waals surface area contributed by atoms with Gasteiger partial charge in [0, 0.05) is 36.9 Å². The van der Waals surface area contributed by atoms with E-state index in [0.29, 0.717) is 6.54 Å². The standard InChI is InChI=1S/C23H26N2O3/c1-26-23-12-6-5-10-19(23)15-25(16-20-11-7-13-27-20)17-21-14-22(24-28-21)18-8-3-2-4-9-18/h2-6,8-10,12,14,20H,7,11,13,15-17H2,1H3. The third-order valence-electron chi connectivity index (χ3n) is 5.08. The van der Waals surface area contributed by atoms with Crippen molar-refractivity contribution >= 4 is 0 Å². The highest BCUT2D eigenvalue weighted by Gasteiger charge is 2.21. The first-order valence-corrected chi connectivity index (χ1v) is 9.78. The number of rotatable bonds is 8. The quantitative estimate of drug-likeness (QED) is 0.576. The van der Waals surface area contributed by atoms with Crippen molar-refractivity contribution < 1.29 is 14.0 Å². The van der Waals surface area contributed by atoms with E-state index in [-0.39, 0.29) is 6.10 Å². The second-order valence-corrected chi connectivity index (χ2v) is 7.16. The molecular weight excluding hydrogens is 352 g/mol. The molecule has 1 fully saturated rings. The van der Waals surface area contributed by atoms with E-state index >= 15 is 0 Å². The van der Waals surface area contributed by atoms with E-state index in [0.717, 1.165) is 60.9 Å². The lowest BCUT2D eigenvalue weighted by Gasteiger charge is -2.25. The highest BCUT2D eigenvalue weighted by atomic mass is 16.5. The normalized spacial score (nSPS) is 16.6. The van der Waals surface area contributed by atoms with E-state index < -0.39 is 0 Å². The van der Waals surface area contributed by atoms with Gasteiger partial charge in [0.15, 0.2) is 5.76 Å². The lowest BCUT2D eigenvalue weighted by atomic mass is 10.1. The van der Waals surface area contributed by atoms with Crippen LogP contribution >= 0.6 is 0 Å². The molecule has 146 valence electrons. The Bertz CT molecular complexity index is 872. The molecule has 0 spiro atoms. The number of aromatic nitrogens is 1. The van der Waals surface area contributed by atoms with Gasteiger partial charge in [0.25, 0.3) is 0 Å². The maximum atomic E-state index is 5.87. The average molecular weight is 378 g/mol. The minimum absolute atomic E-state index is 0.270. The Morgan fingerprint density at radius 2 is 1.89 bits per heavy atom. The molecule has 0 bridgehead atoms. The minimum atomic E-state index is 0.270. The van der Waals surface area contributed by atoms with E-state index in [9.17, 15) is 0 Å². The molecule has 1 atom stereocenters. The van der Waals surface area contributed by atoms with Crippen LogP contribution in [0.1, 0.15) is 24.2 Å². The fourth-order valence-electron chi connectivity index (χ4n) is 3.69. The van der Waals surface area contributed by atoms with Gasteiger partial charge in [-0.2, -0.15) is 0 Å². The molecule has 1 saturated heterocycles. The molecule has 1 aliphatic heterocycles. The fourth-order valence-corrected chi connectivity index (χ4v) is 3.69. The van der Waals surface area contributed by atoms with Crippen LogP contribution in [-0.2, 0) is 17.8 Å². The monoisotopic (exact) mass is 378 g/mol. The van der Waals surface area contributed by atoms with Gasteiger partial charge < -0.3 is 14.0 Å². The van der Waals surface area contributed by atoms with Crippen LogP contribution in [0.5, 0.6) is 5.75 Å². The summed E-state index contributed by atoms with van der Waals surface area (Å²) in [6, 6.07) is 20.3. The van der Waals surface area contributed by atoms with Gasteiger partial charge in [-0.15, -0.1) is 0 Å². The molecule has 0 saturated carbocycles. The number of para-hydroxylation sites is 1. The molecule has 0 N–H and O–H groups in total. The third kappa shape index (κ3) is 4.61. The van der Waals surface area contributed by atoms with Crippen LogP contribution in [0.25, 0.3) is 11.3 Å². The van der Waals surface area contributed by atoms with E-state index in [2.05, 4.69) is 16.1 Å². The number of methoxy groups -OCH3 is 1. The average Bonchev–Trinajstić information content (AvgIpc) is 3.41. The maximum absolute atomic E-state index is 5.87. The molecule has 5 heteroatoms. The van der Waals surface area contributed by atoms with Gasteiger partial charge in [-0.3, -0.25) is 4.90 Å². The van der Waals surface area contributed by atoms with Gasteiger partial charge in [0.1, 0.15) is 11.4 Å². The predicted octanol–water partition coefficient (Wildman–Crippen LogP) is 4.53. The third-order valence-corrected chi connectivity index (χ3v) is 5.08. The fraction of sp³-hybridized carbons (Fsp3) is 0.348. The van der Waals surface area contributed by atoms with Gasteiger partial charge in [-0.05, 0) is 18.9 Å². The van der Waals surface area contributed by atoms with E-state index in [4.69, 9.17) is 14.0 Å². The Morgan fingerprint density at radius 1 is 1.07 bits per heavy atom. The molecule has 1 unspecified atom stereocenters. The van der Waals surface area contributed by atoms with Gasteiger partial charge in [-0.25, -0.2) is 0 Å². The summed E-state index contributed by atoms with van der Waals surface area (Å²) in [5.41, 5.74) is 3.09. The van der Waals surface area contributed by atoms with Crippen LogP contribution in [0.15, 0.2) is 65.2 Å². The lowest BCUT2D eigenvalue weighted by molar-refractivity contribution is 0.0644. The summed E-state index contributed by atoms with van der Waals surface area (Å²) < 4.78 is 17.1. The van der Waals surface area contributed by atoms with E-state index in [1.54, 1.807) is 7.11 Å². The van der Waals surface area contributed by atoms with E-state index in [1.807, 2.05) is 54.6 Å². The molecule has 2 heterocycles. The predicted molar refractivity (Wildman–Crippen MR) is 108 cm³/mol. The Kier molecular flexibility index (Phi) is 6.04. The van der Waals surface area contributed by atoms with Gasteiger partial charge in [0.2, 0.25) is 0 Å². The number of hydrogen-bond donors (Lipinski definition) is 0. The molecule has 28 heavy (non-hydrogen) atoms. The number of benzene rings is 2. The second-order valence-electron chi connectivity index (χ2n) is 7.16. The summed E-state index contributed by atoms with van der Waals surface area (Å²) in [6.45, 7) is 3.16. The zero-order valence-corrected chi connectivity index (χ0v) is 16.2.